The van der Waals surface area contributed by atoms with Crippen LogP contribution < -0.4 is 14.8 Å². The van der Waals surface area contributed by atoms with Crippen LogP contribution in [0.15, 0.2) is 36.4 Å². The highest BCUT2D eigenvalue weighted by Crippen LogP contribution is 2.32. The Kier molecular flexibility index (Phi) is 6.47. The van der Waals surface area contributed by atoms with Crippen molar-refractivity contribution in [2.45, 2.75) is 33.2 Å². The van der Waals surface area contributed by atoms with Gasteiger partial charge < -0.3 is 19.7 Å². The van der Waals surface area contributed by atoms with E-state index in [0.29, 0.717) is 31.1 Å². The molecule has 0 spiro atoms. The second kappa shape index (κ2) is 9.21. The third-order valence-corrected chi connectivity index (χ3v) is 4.37. The molecule has 7 heteroatoms. The van der Waals surface area contributed by atoms with Crippen molar-refractivity contribution in [1.82, 2.24) is 15.2 Å². The van der Waals surface area contributed by atoms with Crippen LogP contribution >= 0.6 is 0 Å². The normalized spacial score (nSPS) is 11.9. The van der Waals surface area contributed by atoms with Crippen LogP contribution in [0.3, 0.4) is 0 Å². The Morgan fingerprint density at radius 2 is 1.75 bits per heavy atom. The number of hydrogen-bond donors (Lipinski definition) is 1. The number of hydrogen-bond acceptors (Lipinski definition) is 5. The summed E-state index contributed by atoms with van der Waals surface area (Å²) in [7, 11) is 0. The molecule has 0 aliphatic carbocycles. The highest BCUT2D eigenvalue weighted by Gasteiger charge is 2.18. The molecule has 1 aliphatic heterocycles. The van der Waals surface area contributed by atoms with Gasteiger partial charge in [-0.3, -0.25) is 9.59 Å². The number of pyridine rings is 1. The zero-order valence-electron chi connectivity index (χ0n) is 16.2. The first kappa shape index (κ1) is 19.7. The van der Waals surface area contributed by atoms with Gasteiger partial charge in [0.15, 0.2) is 11.5 Å². The monoisotopic (exact) mass is 383 g/mol. The van der Waals surface area contributed by atoms with Crippen molar-refractivity contribution >= 4 is 11.8 Å². The summed E-state index contributed by atoms with van der Waals surface area (Å²) in [4.78, 5) is 31.2. The standard InChI is InChI=1S/C21H25N3O4/c1-3-10-24(11-4-2)21(26)17-7-5-6-16(23-17)20(25)22-13-15-8-9-18-19(12-15)28-14-27-18/h5-9,12H,3-4,10-11,13-14H2,1-2H3,(H,22,25). The molecule has 0 saturated carbocycles. The Morgan fingerprint density at radius 1 is 1.04 bits per heavy atom. The summed E-state index contributed by atoms with van der Waals surface area (Å²) in [6.45, 7) is 5.95. The van der Waals surface area contributed by atoms with E-state index in [-0.39, 0.29) is 30.0 Å². The number of carbonyl (C=O) groups is 2. The SMILES string of the molecule is CCCN(CCC)C(=O)c1cccc(C(=O)NCc2ccc3c(c2)OCO3)n1. The fraction of sp³-hybridized carbons (Fsp3) is 0.381. The van der Waals surface area contributed by atoms with Crippen molar-refractivity contribution in [3.63, 3.8) is 0 Å². The van der Waals surface area contributed by atoms with Crippen LogP contribution in [0.4, 0.5) is 0 Å². The van der Waals surface area contributed by atoms with E-state index < -0.39 is 0 Å². The second-order valence-corrected chi connectivity index (χ2v) is 6.57. The minimum absolute atomic E-state index is 0.144. The number of fused-ring (bicyclic) bond motifs is 1. The van der Waals surface area contributed by atoms with Gasteiger partial charge in [-0.1, -0.05) is 26.0 Å². The average Bonchev–Trinajstić information content (AvgIpc) is 3.19. The van der Waals surface area contributed by atoms with E-state index in [4.69, 9.17) is 9.47 Å². The molecular formula is C21H25N3O4. The Labute approximate surface area is 164 Å². The third kappa shape index (κ3) is 4.60. The van der Waals surface area contributed by atoms with E-state index in [9.17, 15) is 9.59 Å². The van der Waals surface area contributed by atoms with E-state index in [0.717, 1.165) is 18.4 Å². The topological polar surface area (TPSA) is 80.8 Å². The lowest BCUT2D eigenvalue weighted by Gasteiger charge is -2.21. The van der Waals surface area contributed by atoms with Crippen LogP contribution in [0, 0.1) is 0 Å². The van der Waals surface area contributed by atoms with Gasteiger partial charge in [-0.2, -0.15) is 0 Å². The molecule has 2 amide bonds. The van der Waals surface area contributed by atoms with Gasteiger partial charge in [-0.25, -0.2) is 4.98 Å². The molecule has 148 valence electrons. The first-order valence-corrected chi connectivity index (χ1v) is 9.55. The number of aromatic nitrogens is 1. The zero-order valence-corrected chi connectivity index (χ0v) is 16.2. The summed E-state index contributed by atoms with van der Waals surface area (Å²) in [5.41, 5.74) is 1.40. The summed E-state index contributed by atoms with van der Waals surface area (Å²) < 4.78 is 10.6. The molecule has 1 N–H and O–H groups in total. The van der Waals surface area contributed by atoms with Gasteiger partial charge in [-0.15, -0.1) is 0 Å². The molecule has 0 saturated heterocycles. The maximum atomic E-state index is 12.7. The largest absolute Gasteiger partial charge is 0.454 e. The first-order chi connectivity index (χ1) is 13.6. The summed E-state index contributed by atoms with van der Waals surface area (Å²) >= 11 is 0. The number of nitrogens with one attached hydrogen (secondary N) is 1. The molecular weight excluding hydrogens is 358 g/mol. The summed E-state index contributed by atoms with van der Waals surface area (Å²) in [6, 6.07) is 10.5. The van der Waals surface area contributed by atoms with E-state index in [2.05, 4.69) is 10.3 Å². The molecule has 0 fully saturated rings. The van der Waals surface area contributed by atoms with Gasteiger partial charge in [0.1, 0.15) is 11.4 Å². The number of benzene rings is 1. The van der Waals surface area contributed by atoms with Crippen LogP contribution in [-0.2, 0) is 6.54 Å². The zero-order chi connectivity index (χ0) is 19.9. The van der Waals surface area contributed by atoms with E-state index in [1.807, 2.05) is 32.0 Å². The van der Waals surface area contributed by atoms with Crippen molar-refractivity contribution in [1.29, 1.82) is 0 Å². The van der Waals surface area contributed by atoms with E-state index >= 15 is 0 Å². The van der Waals surface area contributed by atoms with Gasteiger partial charge in [0, 0.05) is 19.6 Å². The van der Waals surface area contributed by atoms with Crippen LogP contribution in [0.1, 0.15) is 53.2 Å². The quantitative estimate of drug-likeness (QED) is 0.758. The highest BCUT2D eigenvalue weighted by molar-refractivity contribution is 5.96. The molecule has 1 aromatic carbocycles. The molecule has 3 rings (SSSR count). The molecule has 7 nitrogen and oxygen atoms in total. The maximum absolute atomic E-state index is 12.7. The van der Waals surface area contributed by atoms with Gasteiger partial charge >= 0.3 is 0 Å². The van der Waals surface area contributed by atoms with Crippen molar-refractivity contribution < 1.29 is 19.1 Å². The minimum Gasteiger partial charge on any atom is -0.454 e. The molecule has 0 atom stereocenters. The fourth-order valence-corrected chi connectivity index (χ4v) is 3.02. The van der Waals surface area contributed by atoms with Gasteiger partial charge in [0.25, 0.3) is 11.8 Å². The molecule has 0 radical (unpaired) electrons. The number of rotatable bonds is 8. The lowest BCUT2D eigenvalue weighted by atomic mass is 10.2. The first-order valence-electron chi connectivity index (χ1n) is 9.55. The maximum Gasteiger partial charge on any atom is 0.272 e. The van der Waals surface area contributed by atoms with Crippen molar-refractivity contribution in [3.05, 3.63) is 53.3 Å². The average molecular weight is 383 g/mol. The van der Waals surface area contributed by atoms with Crippen LogP contribution in [0.25, 0.3) is 0 Å². The van der Waals surface area contributed by atoms with Gasteiger partial charge in [-0.05, 0) is 42.7 Å². The van der Waals surface area contributed by atoms with Crippen molar-refractivity contribution in [2.75, 3.05) is 19.9 Å². The van der Waals surface area contributed by atoms with Crippen LogP contribution in [0.2, 0.25) is 0 Å². The molecule has 1 aromatic heterocycles. The molecule has 2 heterocycles. The number of amides is 2. The molecule has 1 aliphatic rings. The van der Waals surface area contributed by atoms with Crippen molar-refractivity contribution in [3.8, 4) is 11.5 Å². The fourth-order valence-electron chi connectivity index (χ4n) is 3.02. The second-order valence-electron chi connectivity index (χ2n) is 6.57. The Bertz CT molecular complexity index is 847. The molecule has 2 aromatic rings. The number of nitrogens with zero attached hydrogens (tertiary/aromatic N) is 2. The van der Waals surface area contributed by atoms with Crippen LogP contribution in [0.5, 0.6) is 11.5 Å². The third-order valence-electron chi connectivity index (χ3n) is 4.37. The highest BCUT2D eigenvalue weighted by atomic mass is 16.7. The molecule has 28 heavy (non-hydrogen) atoms. The Morgan fingerprint density at radius 3 is 2.50 bits per heavy atom. The lowest BCUT2D eigenvalue weighted by molar-refractivity contribution is 0.0749. The Balaban J connectivity index is 1.65. The number of carbonyl (C=O) groups excluding carboxylic acids is 2. The lowest BCUT2D eigenvalue weighted by Crippen LogP contribution is -2.33. The van der Waals surface area contributed by atoms with Gasteiger partial charge in [0.2, 0.25) is 6.79 Å². The summed E-state index contributed by atoms with van der Waals surface area (Å²) in [6.07, 6.45) is 1.75. The molecule has 0 bridgehead atoms. The number of ether oxygens (including phenoxy) is 2. The van der Waals surface area contributed by atoms with Gasteiger partial charge in [0.05, 0.1) is 0 Å². The Hall–Kier alpha value is -3.09. The van der Waals surface area contributed by atoms with E-state index in [1.165, 1.54) is 0 Å². The van der Waals surface area contributed by atoms with Crippen molar-refractivity contribution in [2.24, 2.45) is 0 Å². The predicted octanol–water partition coefficient (Wildman–Crippen LogP) is 3.00. The van der Waals surface area contributed by atoms with Crippen LogP contribution in [-0.4, -0.2) is 41.6 Å². The summed E-state index contributed by atoms with van der Waals surface area (Å²) in [5.74, 6) is 0.898. The smallest absolute Gasteiger partial charge is 0.272 e. The molecule has 0 unspecified atom stereocenters. The predicted molar refractivity (Wildman–Crippen MR) is 104 cm³/mol. The van der Waals surface area contributed by atoms with E-state index in [1.54, 1.807) is 23.1 Å². The minimum atomic E-state index is -0.329. The summed E-state index contributed by atoms with van der Waals surface area (Å²) in [5, 5.41) is 2.83.